The largest absolute Gasteiger partial charge is 0.455 e. The Morgan fingerprint density at radius 1 is 1.26 bits per heavy atom. The van der Waals surface area contributed by atoms with Gasteiger partial charge < -0.3 is 15.8 Å². The number of ether oxygens (including phenoxy) is 1. The van der Waals surface area contributed by atoms with E-state index in [1.165, 1.54) is 23.1 Å². The van der Waals surface area contributed by atoms with Crippen LogP contribution in [0.3, 0.4) is 0 Å². The number of nitrogens with one attached hydrogen (secondary N) is 1. The topological polar surface area (TPSA) is 107 Å². The number of nitrogen functional groups attached to an aromatic ring is 1. The molecule has 23 heavy (non-hydrogen) atoms. The highest BCUT2D eigenvalue weighted by molar-refractivity contribution is 8.01. The van der Waals surface area contributed by atoms with Crippen LogP contribution in [0.5, 0.6) is 0 Å². The first-order chi connectivity index (χ1) is 11.1. The second kappa shape index (κ2) is 9.11. The Morgan fingerprint density at radius 2 is 2.04 bits per heavy atom. The van der Waals surface area contributed by atoms with Gasteiger partial charge >= 0.3 is 5.97 Å². The Labute approximate surface area is 141 Å². The average Bonchev–Trinajstić information content (AvgIpc) is 2.97. The molecule has 0 bridgehead atoms. The molecule has 0 unspecified atom stereocenters. The minimum absolute atomic E-state index is 0.0614. The number of hydrogen-bond donors (Lipinski definition) is 2. The highest BCUT2D eigenvalue weighted by Gasteiger charge is 2.10. The number of nitrogens with two attached hydrogens (primary N) is 1. The van der Waals surface area contributed by atoms with Gasteiger partial charge in [-0.2, -0.15) is 0 Å². The molecule has 0 aliphatic rings. The molecule has 0 spiro atoms. The van der Waals surface area contributed by atoms with Gasteiger partial charge in [0.25, 0.3) is 5.91 Å². The molecule has 2 rings (SSSR count). The summed E-state index contributed by atoms with van der Waals surface area (Å²) in [5.74, 6) is -0.743. The van der Waals surface area contributed by atoms with Gasteiger partial charge in [0.2, 0.25) is 5.13 Å². The lowest BCUT2D eigenvalue weighted by molar-refractivity contribution is -0.145. The SMILES string of the molecule is Nc1nnc(SCC(=O)OCC(=O)NCCc2ccccc2)s1. The lowest BCUT2D eigenvalue weighted by atomic mass is 10.1. The molecule has 0 atom stereocenters. The van der Waals surface area contributed by atoms with E-state index in [1.807, 2.05) is 30.3 Å². The Kier molecular flexibility index (Phi) is 6.82. The average molecular weight is 352 g/mol. The molecule has 0 fully saturated rings. The van der Waals surface area contributed by atoms with Gasteiger partial charge in [0, 0.05) is 6.54 Å². The van der Waals surface area contributed by atoms with Crippen molar-refractivity contribution in [1.29, 1.82) is 0 Å². The zero-order valence-corrected chi connectivity index (χ0v) is 13.9. The quantitative estimate of drug-likeness (QED) is 0.541. The van der Waals surface area contributed by atoms with E-state index in [0.717, 1.165) is 12.0 Å². The van der Waals surface area contributed by atoms with E-state index in [-0.39, 0.29) is 18.3 Å². The van der Waals surface area contributed by atoms with Crippen molar-refractivity contribution in [2.45, 2.75) is 10.8 Å². The third kappa shape index (κ3) is 6.66. The molecule has 7 nitrogen and oxygen atoms in total. The standard InChI is InChI=1S/C14H16N4O3S2/c15-13-17-18-14(23-13)22-9-12(20)21-8-11(19)16-7-6-10-4-2-1-3-5-10/h1-5H,6-9H2,(H2,15,17)(H,16,19). The zero-order valence-electron chi connectivity index (χ0n) is 12.2. The van der Waals surface area contributed by atoms with Crippen LogP contribution in [0.4, 0.5) is 5.13 Å². The Morgan fingerprint density at radius 3 is 2.74 bits per heavy atom. The Hall–Kier alpha value is -2.13. The highest BCUT2D eigenvalue weighted by Crippen LogP contribution is 2.23. The van der Waals surface area contributed by atoms with E-state index in [9.17, 15) is 9.59 Å². The van der Waals surface area contributed by atoms with Gasteiger partial charge in [0.15, 0.2) is 10.9 Å². The molecule has 0 aliphatic heterocycles. The van der Waals surface area contributed by atoms with E-state index < -0.39 is 5.97 Å². The van der Waals surface area contributed by atoms with Crippen molar-refractivity contribution in [3.05, 3.63) is 35.9 Å². The number of carbonyl (C=O) groups is 2. The number of benzene rings is 1. The Balaban J connectivity index is 1.57. The smallest absolute Gasteiger partial charge is 0.316 e. The summed E-state index contributed by atoms with van der Waals surface area (Å²) >= 11 is 2.37. The van der Waals surface area contributed by atoms with Crippen LogP contribution in [-0.4, -0.2) is 41.0 Å². The predicted octanol–water partition coefficient (Wildman–Crippen LogP) is 1.11. The normalized spacial score (nSPS) is 10.3. The van der Waals surface area contributed by atoms with Crippen LogP contribution in [0, 0.1) is 0 Å². The van der Waals surface area contributed by atoms with E-state index in [4.69, 9.17) is 10.5 Å². The lowest BCUT2D eigenvalue weighted by Crippen LogP contribution is -2.30. The van der Waals surface area contributed by atoms with Crippen LogP contribution in [0.15, 0.2) is 34.7 Å². The summed E-state index contributed by atoms with van der Waals surface area (Å²) in [6, 6.07) is 9.81. The fourth-order valence-electron chi connectivity index (χ4n) is 1.63. The molecular weight excluding hydrogens is 336 g/mol. The molecule has 0 saturated carbocycles. The monoisotopic (exact) mass is 352 g/mol. The number of nitrogens with zero attached hydrogens (tertiary/aromatic N) is 2. The van der Waals surface area contributed by atoms with E-state index in [2.05, 4.69) is 15.5 Å². The van der Waals surface area contributed by atoms with Crippen molar-refractivity contribution in [2.75, 3.05) is 24.6 Å². The maximum atomic E-state index is 11.6. The second-order valence-electron chi connectivity index (χ2n) is 4.44. The summed E-state index contributed by atoms with van der Waals surface area (Å²) in [4.78, 5) is 23.1. The summed E-state index contributed by atoms with van der Waals surface area (Å²) in [5.41, 5.74) is 6.57. The fourth-order valence-corrected chi connectivity index (χ4v) is 3.06. The molecule has 1 aromatic carbocycles. The molecular formula is C14H16N4O3S2. The van der Waals surface area contributed by atoms with E-state index in [1.54, 1.807) is 0 Å². The number of amides is 1. The van der Waals surface area contributed by atoms with Crippen LogP contribution >= 0.6 is 23.1 Å². The number of anilines is 1. The van der Waals surface area contributed by atoms with Crippen LogP contribution < -0.4 is 11.1 Å². The Bertz CT molecular complexity index is 648. The van der Waals surface area contributed by atoms with Crippen LogP contribution in [-0.2, 0) is 20.7 Å². The van der Waals surface area contributed by atoms with Crippen molar-refractivity contribution in [3.63, 3.8) is 0 Å². The molecule has 0 radical (unpaired) electrons. The third-order valence-corrected chi connectivity index (χ3v) is 4.54. The maximum Gasteiger partial charge on any atom is 0.316 e. The fraction of sp³-hybridized carbons (Fsp3) is 0.286. The number of aromatic nitrogens is 2. The van der Waals surface area contributed by atoms with Gasteiger partial charge in [-0.25, -0.2) is 0 Å². The molecule has 122 valence electrons. The molecule has 0 aliphatic carbocycles. The molecule has 2 aromatic rings. The molecule has 0 saturated heterocycles. The van der Waals surface area contributed by atoms with Gasteiger partial charge in [-0.05, 0) is 12.0 Å². The molecule has 9 heteroatoms. The van der Waals surface area contributed by atoms with Gasteiger partial charge in [-0.1, -0.05) is 53.4 Å². The summed E-state index contributed by atoms with van der Waals surface area (Å²) in [5, 5.41) is 10.5. The summed E-state index contributed by atoms with van der Waals surface area (Å²) in [6.45, 7) is 0.214. The van der Waals surface area contributed by atoms with Crippen LogP contribution in [0.2, 0.25) is 0 Å². The van der Waals surface area contributed by atoms with Crippen molar-refractivity contribution in [2.24, 2.45) is 0 Å². The predicted molar refractivity (Wildman–Crippen MR) is 89.2 cm³/mol. The first-order valence-electron chi connectivity index (χ1n) is 6.81. The number of rotatable bonds is 8. The van der Waals surface area contributed by atoms with Crippen molar-refractivity contribution in [3.8, 4) is 0 Å². The summed E-state index contributed by atoms with van der Waals surface area (Å²) in [6.07, 6.45) is 0.731. The van der Waals surface area contributed by atoms with Gasteiger partial charge in [-0.3, -0.25) is 9.59 Å². The van der Waals surface area contributed by atoms with E-state index in [0.29, 0.717) is 16.0 Å². The van der Waals surface area contributed by atoms with Crippen molar-refractivity contribution in [1.82, 2.24) is 15.5 Å². The number of thioether (sulfide) groups is 1. The summed E-state index contributed by atoms with van der Waals surface area (Å²) < 4.78 is 5.48. The molecule has 3 N–H and O–H groups in total. The number of carbonyl (C=O) groups excluding carboxylic acids is 2. The van der Waals surface area contributed by atoms with Gasteiger partial charge in [0.05, 0.1) is 5.75 Å². The van der Waals surface area contributed by atoms with Gasteiger partial charge in [0.1, 0.15) is 0 Å². The first kappa shape index (κ1) is 17.2. The van der Waals surface area contributed by atoms with Crippen molar-refractivity contribution < 1.29 is 14.3 Å². The molecule has 1 aromatic heterocycles. The van der Waals surface area contributed by atoms with Crippen LogP contribution in [0.1, 0.15) is 5.56 Å². The van der Waals surface area contributed by atoms with Crippen LogP contribution in [0.25, 0.3) is 0 Å². The van der Waals surface area contributed by atoms with Crippen molar-refractivity contribution >= 4 is 40.1 Å². The lowest BCUT2D eigenvalue weighted by Gasteiger charge is -2.06. The first-order valence-corrected chi connectivity index (χ1v) is 8.61. The molecule has 1 heterocycles. The second-order valence-corrected chi connectivity index (χ2v) is 6.67. The highest BCUT2D eigenvalue weighted by atomic mass is 32.2. The maximum absolute atomic E-state index is 11.6. The minimum atomic E-state index is -0.484. The number of hydrogen-bond acceptors (Lipinski definition) is 8. The van der Waals surface area contributed by atoms with E-state index >= 15 is 0 Å². The van der Waals surface area contributed by atoms with Gasteiger partial charge in [-0.15, -0.1) is 10.2 Å². The summed E-state index contributed by atoms with van der Waals surface area (Å²) in [7, 11) is 0. The third-order valence-electron chi connectivity index (χ3n) is 2.68. The zero-order chi connectivity index (χ0) is 16.5. The molecule has 1 amide bonds. The minimum Gasteiger partial charge on any atom is -0.455 e. The number of esters is 1.